The van der Waals surface area contributed by atoms with Gasteiger partial charge in [-0.05, 0) is 29.1 Å². The maximum absolute atomic E-state index is 12.1. The van der Waals surface area contributed by atoms with E-state index in [1.807, 2.05) is 30.3 Å². The third-order valence-electron chi connectivity index (χ3n) is 3.78. The number of rotatable bonds is 4. The van der Waals surface area contributed by atoms with Gasteiger partial charge >= 0.3 is 17.8 Å². The molecule has 7 heteroatoms. The summed E-state index contributed by atoms with van der Waals surface area (Å²) in [6.07, 6.45) is 1.31. The van der Waals surface area contributed by atoms with Gasteiger partial charge in [-0.2, -0.15) is 5.10 Å². The molecule has 0 heterocycles. The number of carboxylic acids is 1. The van der Waals surface area contributed by atoms with E-state index in [0.717, 1.165) is 10.8 Å². The Hall–Kier alpha value is -4.00. The van der Waals surface area contributed by atoms with Crippen molar-refractivity contribution in [3.63, 3.8) is 0 Å². The van der Waals surface area contributed by atoms with Crippen LogP contribution in [-0.4, -0.2) is 29.1 Å². The summed E-state index contributed by atoms with van der Waals surface area (Å²) in [6.45, 7) is 0. The maximum atomic E-state index is 12.1. The molecule has 3 aromatic rings. The van der Waals surface area contributed by atoms with Gasteiger partial charge in [0.2, 0.25) is 0 Å². The van der Waals surface area contributed by atoms with E-state index < -0.39 is 17.8 Å². The number of carbonyl (C=O) groups is 3. The number of hydrazone groups is 1. The molecule has 3 N–H and O–H groups in total. The van der Waals surface area contributed by atoms with E-state index in [-0.39, 0.29) is 5.56 Å². The van der Waals surface area contributed by atoms with E-state index in [0.29, 0.717) is 11.3 Å². The summed E-state index contributed by atoms with van der Waals surface area (Å²) in [7, 11) is 0. The standard InChI is InChI=1S/C20H15N3O4/c24-18(22-17-7-3-5-14-4-1-2-6-16(14)17)19(25)23-21-12-13-8-10-15(11-9-13)20(26)27/h1-12H,(H,22,24)(H,23,25)(H,26,27). The Balaban J connectivity index is 1.62. The minimum Gasteiger partial charge on any atom is -0.478 e. The monoisotopic (exact) mass is 361 g/mol. The van der Waals surface area contributed by atoms with Crippen LogP contribution in [0.15, 0.2) is 71.8 Å². The topological polar surface area (TPSA) is 108 Å². The zero-order valence-corrected chi connectivity index (χ0v) is 14.0. The lowest BCUT2D eigenvalue weighted by Crippen LogP contribution is -2.32. The summed E-state index contributed by atoms with van der Waals surface area (Å²) in [6, 6.07) is 18.8. The molecule has 0 saturated carbocycles. The number of nitrogens with one attached hydrogen (secondary N) is 2. The lowest BCUT2D eigenvalue weighted by Gasteiger charge is -2.07. The van der Waals surface area contributed by atoms with Gasteiger partial charge < -0.3 is 10.4 Å². The van der Waals surface area contributed by atoms with Gasteiger partial charge in [0.05, 0.1) is 11.8 Å². The molecule has 0 unspecified atom stereocenters. The van der Waals surface area contributed by atoms with Crippen molar-refractivity contribution in [1.82, 2.24) is 5.43 Å². The van der Waals surface area contributed by atoms with Gasteiger partial charge in [-0.3, -0.25) is 9.59 Å². The Morgan fingerprint density at radius 1 is 0.852 bits per heavy atom. The first kappa shape index (κ1) is 17.8. The second kappa shape index (κ2) is 7.92. The van der Waals surface area contributed by atoms with Crippen LogP contribution < -0.4 is 10.7 Å². The minimum absolute atomic E-state index is 0.144. The number of amides is 2. The van der Waals surface area contributed by atoms with Crippen LogP contribution in [0.4, 0.5) is 5.69 Å². The van der Waals surface area contributed by atoms with Gasteiger partial charge in [0, 0.05) is 11.1 Å². The van der Waals surface area contributed by atoms with Gasteiger partial charge in [-0.1, -0.05) is 48.5 Å². The van der Waals surface area contributed by atoms with Gasteiger partial charge in [-0.25, -0.2) is 10.2 Å². The van der Waals surface area contributed by atoms with Crippen LogP contribution >= 0.6 is 0 Å². The third kappa shape index (κ3) is 4.35. The molecule has 0 spiro atoms. The molecule has 0 aliphatic rings. The van der Waals surface area contributed by atoms with Crippen LogP contribution in [0, 0.1) is 0 Å². The molecule has 2 amide bonds. The van der Waals surface area contributed by atoms with E-state index in [1.54, 1.807) is 12.1 Å². The molecule has 0 aromatic heterocycles. The minimum atomic E-state index is -1.03. The van der Waals surface area contributed by atoms with Crippen molar-refractivity contribution in [2.75, 3.05) is 5.32 Å². The number of hydrogen-bond donors (Lipinski definition) is 3. The number of anilines is 1. The summed E-state index contributed by atoms with van der Waals surface area (Å²) in [5.74, 6) is -2.79. The summed E-state index contributed by atoms with van der Waals surface area (Å²) < 4.78 is 0. The fourth-order valence-corrected chi connectivity index (χ4v) is 2.44. The molecule has 7 nitrogen and oxygen atoms in total. The maximum Gasteiger partial charge on any atom is 0.335 e. The van der Waals surface area contributed by atoms with Crippen LogP contribution in [0.2, 0.25) is 0 Å². The van der Waals surface area contributed by atoms with E-state index in [9.17, 15) is 14.4 Å². The molecule has 0 atom stereocenters. The van der Waals surface area contributed by atoms with Crippen LogP contribution in [-0.2, 0) is 9.59 Å². The highest BCUT2D eigenvalue weighted by molar-refractivity contribution is 6.40. The quantitative estimate of drug-likeness (QED) is 0.377. The zero-order valence-electron chi connectivity index (χ0n) is 14.0. The van der Waals surface area contributed by atoms with Crippen molar-refractivity contribution in [3.05, 3.63) is 77.9 Å². The smallest absolute Gasteiger partial charge is 0.335 e. The third-order valence-corrected chi connectivity index (χ3v) is 3.78. The number of aromatic carboxylic acids is 1. The Morgan fingerprint density at radius 2 is 1.56 bits per heavy atom. The highest BCUT2D eigenvalue weighted by Crippen LogP contribution is 2.22. The first-order valence-corrected chi connectivity index (χ1v) is 8.00. The molecular formula is C20H15N3O4. The van der Waals surface area contributed by atoms with E-state index in [1.165, 1.54) is 30.5 Å². The fourth-order valence-electron chi connectivity index (χ4n) is 2.44. The molecule has 0 aliphatic carbocycles. The number of carbonyl (C=O) groups excluding carboxylic acids is 2. The highest BCUT2D eigenvalue weighted by atomic mass is 16.4. The number of nitrogens with zero attached hydrogens (tertiary/aromatic N) is 1. The van der Waals surface area contributed by atoms with Crippen molar-refractivity contribution >= 4 is 40.5 Å². The molecule has 27 heavy (non-hydrogen) atoms. The molecule has 0 aliphatic heterocycles. The predicted octanol–water partition coefficient (Wildman–Crippen LogP) is 2.63. The second-order valence-corrected chi connectivity index (χ2v) is 5.61. The molecular weight excluding hydrogens is 346 g/mol. The highest BCUT2D eigenvalue weighted by Gasteiger charge is 2.14. The fraction of sp³-hybridized carbons (Fsp3) is 0. The molecule has 0 bridgehead atoms. The summed E-state index contributed by atoms with van der Waals surface area (Å²) in [4.78, 5) is 34.7. The van der Waals surface area contributed by atoms with Crippen molar-refractivity contribution in [2.45, 2.75) is 0 Å². The van der Waals surface area contributed by atoms with Crippen molar-refractivity contribution in [2.24, 2.45) is 5.10 Å². The summed E-state index contributed by atoms with van der Waals surface area (Å²) in [5.41, 5.74) is 3.39. The molecule has 0 radical (unpaired) electrons. The number of hydrogen-bond acceptors (Lipinski definition) is 4. The lowest BCUT2D eigenvalue weighted by molar-refractivity contribution is -0.136. The Kier molecular flexibility index (Phi) is 5.22. The SMILES string of the molecule is O=C(NN=Cc1ccc(C(=O)O)cc1)C(=O)Nc1cccc2ccccc12. The van der Waals surface area contributed by atoms with Crippen LogP contribution in [0.5, 0.6) is 0 Å². The lowest BCUT2D eigenvalue weighted by atomic mass is 10.1. The average Bonchev–Trinajstić information content (AvgIpc) is 2.68. The number of fused-ring (bicyclic) bond motifs is 1. The summed E-state index contributed by atoms with van der Waals surface area (Å²) >= 11 is 0. The predicted molar refractivity (Wildman–Crippen MR) is 102 cm³/mol. The van der Waals surface area contributed by atoms with Gasteiger partial charge in [0.1, 0.15) is 0 Å². The van der Waals surface area contributed by atoms with Crippen LogP contribution in [0.3, 0.4) is 0 Å². The average molecular weight is 361 g/mol. The first-order chi connectivity index (χ1) is 13.0. The van der Waals surface area contributed by atoms with Crippen LogP contribution in [0.25, 0.3) is 10.8 Å². The van der Waals surface area contributed by atoms with Crippen molar-refractivity contribution in [1.29, 1.82) is 0 Å². The number of benzene rings is 3. The normalized spacial score (nSPS) is 10.7. The molecule has 0 fully saturated rings. The molecule has 134 valence electrons. The zero-order chi connectivity index (χ0) is 19.2. The Bertz CT molecular complexity index is 1040. The van der Waals surface area contributed by atoms with Gasteiger partial charge in [0.15, 0.2) is 0 Å². The van der Waals surface area contributed by atoms with E-state index in [2.05, 4.69) is 15.8 Å². The van der Waals surface area contributed by atoms with E-state index in [4.69, 9.17) is 5.11 Å². The molecule has 3 rings (SSSR count). The summed E-state index contributed by atoms with van der Waals surface area (Å²) in [5, 5.41) is 16.9. The van der Waals surface area contributed by atoms with Gasteiger partial charge in [-0.15, -0.1) is 0 Å². The van der Waals surface area contributed by atoms with Crippen molar-refractivity contribution in [3.8, 4) is 0 Å². The van der Waals surface area contributed by atoms with Crippen molar-refractivity contribution < 1.29 is 19.5 Å². The first-order valence-electron chi connectivity index (χ1n) is 8.00. The van der Waals surface area contributed by atoms with E-state index >= 15 is 0 Å². The van der Waals surface area contributed by atoms with Crippen LogP contribution in [0.1, 0.15) is 15.9 Å². The van der Waals surface area contributed by atoms with Gasteiger partial charge in [0.25, 0.3) is 0 Å². The largest absolute Gasteiger partial charge is 0.478 e. The molecule has 3 aromatic carbocycles. The number of carboxylic acid groups (broad SMARTS) is 1. The second-order valence-electron chi connectivity index (χ2n) is 5.61. The Morgan fingerprint density at radius 3 is 2.30 bits per heavy atom. The molecule has 0 saturated heterocycles. The Labute approximate surface area is 154 Å².